The average molecular weight is 425 g/mol. The lowest BCUT2D eigenvalue weighted by atomic mass is 9.92. The van der Waals surface area contributed by atoms with Crippen LogP contribution < -0.4 is 5.56 Å². The number of rotatable bonds is 4. The molecule has 0 saturated carbocycles. The average Bonchev–Trinajstić information content (AvgIpc) is 2.96. The van der Waals surface area contributed by atoms with Crippen LogP contribution in [-0.2, 0) is 17.9 Å². The molecule has 0 bridgehead atoms. The van der Waals surface area contributed by atoms with E-state index in [0.717, 1.165) is 41.8 Å². The number of halogens is 1. The Bertz CT molecular complexity index is 1170. The Labute approximate surface area is 181 Å². The highest BCUT2D eigenvalue weighted by atomic mass is 19.1. The maximum absolute atomic E-state index is 13.2. The minimum atomic E-state index is -0.274. The standard InChI is InChI=1S/C24H29FN4O2/c1-15-9-16(2)12-27(11-15)22(30)14-29-24(31)23-18(4)28(17(3)21(23)10-26-29)13-19-5-7-20(25)8-6-19/h5-8,10,15-16H,9,11-14H2,1-4H3/t15-,16-/m1/s1. The Morgan fingerprint density at radius 1 is 1.10 bits per heavy atom. The fraction of sp³-hybridized carbons (Fsp3) is 0.458. The predicted octanol–water partition coefficient (Wildman–Crippen LogP) is 3.51. The van der Waals surface area contributed by atoms with Crippen molar-refractivity contribution in [2.75, 3.05) is 13.1 Å². The summed E-state index contributed by atoms with van der Waals surface area (Å²) in [6, 6.07) is 6.36. The van der Waals surface area contributed by atoms with Crippen molar-refractivity contribution in [2.24, 2.45) is 11.8 Å². The van der Waals surface area contributed by atoms with Gasteiger partial charge in [0.1, 0.15) is 12.4 Å². The van der Waals surface area contributed by atoms with E-state index in [1.54, 1.807) is 18.3 Å². The molecular weight excluding hydrogens is 395 g/mol. The number of hydrogen-bond acceptors (Lipinski definition) is 3. The SMILES string of the molecule is Cc1c2cnn(CC(=O)N3C[C@H](C)C[C@@H](C)C3)c(=O)c2c(C)n1Cc1ccc(F)cc1. The van der Waals surface area contributed by atoms with Crippen molar-refractivity contribution in [3.63, 3.8) is 0 Å². The Hall–Kier alpha value is -2.96. The van der Waals surface area contributed by atoms with Crippen molar-refractivity contribution in [1.82, 2.24) is 19.2 Å². The van der Waals surface area contributed by atoms with E-state index in [4.69, 9.17) is 0 Å². The van der Waals surface area contributed by atoms with Crippen LogP contribution in [0, 0.1) is 31.5 Å². The van der Waals surface area contributed by atoms with Gasteiger partial charge >= 0.3 is 0 Å². The predicted molar refractivity (Wildman–Crippen MR) is 118 cm³/mol. The second kappa shape index (κ2) is 8.29. The third kappa shape index (κ3) is 4.13. The molecule has 3 heterocycles. The van der Waals surface area contributed by atoms with Crippen LogP contribution >= 0.6 is 0 Å². The molecule has 0 unspecified atom stereocenters. The lowest BCUT2D eigenvalue weighted by Crippen LogP contribution is -2.45. The highest BCUT2D eigenvalue weighted by molar-refractivity contribution is 5.87. The first-order chi connectivity index (χ1) is 14.7. The van der Waals surface area contributed by atoms with Crippen molar-refractivity contribution < 1.29 is 9.18 Å². The number of hydrogen-bond donors (Lipinski definition) is 0. The molecule has 1 aliphatic rings. The fourth-order valence-electron chi connectivity index (χ4n) is 4.86. The summed E-state index contributed by atoms with van der Waals surface area (Å²) in [4.78, 5) is 27.9. The molecule has 2 atom stereocenters. The summed E-state index contributed by atoms with van der Waals surface area (Å²) in [5.41, 5.74) is 2.45. The van der Waals surface area contributed by atoms with Gasteiger partial charge < -0.3 is 9.47 Å². The highest BCUT2D eigenvalue weighted by Crippen LogP contribution is 2.24. The summed E-state index contributed by atoms with van der Waals surface area (Å²) in [5, 5.41) is 5.68. The molecule has 7 heteroatoms. The second-order valence-corrected chi connectivity index (χ2v) is 9.02. The van der Waals surface area contributed by atoms with Gasteiger partial charge in [0.25, 0.3) is 5.56 Å². The Balaban J connectivity index is 1.64. The Morgan fingerprint density at radius 2 is 1.74 bits per heavy atom. The molecule has 4 rings (SSSR count). The molecule has 6 nitrogen and oxygen atoms in total. The first-order valence-corrected chi connectivity index (χ1v) is 10.8. The van der Waals surface area contributed by atoms with Crippen LogP contribution in [0.4, 0.5) is 4.39 Å². The number of benzene rings is 1. The van der Waals surface area contributed by atoms with E-state index in [2.05, 4.69) is 18.9 Å². The van der Waals surface area contributed by atoms with Crippen molar-refractivity contribution >= 4 is 16.7 Å². The molecule has 1 aromatic carbocycles. The van der Waals surface area contributed by atoms with Crippen LogP contribution in [0.15, 0.2) is 35.3 Å². The fourth-order valence-corrected chi connectivity index (χ4v) is 4.86. The molecule has 0 N–H and O–H groups in total. The van der Waals surface area contributed by atoms with E-state index < -0.39 is 0 Å². The van der Waals surface area contributed by atoms with Gasteiger partial charge in [-0.1, -0.05) is 26.0 Å². The van der Waals surface area contributed by atoms with Gasteiger partial charge in [-0.15, -0.1) is 0 Å². The Morgan fingerprint density at radius 3 is 2.39 bits per heavy atom. The van der Waals surface area contributed by atoms with Gasteiger partial charge in [0.2, 0.25) is 5.91 Å². The van der Waals surface area contributed by atoms with Gasteiger partial charge in [-0.3, -0.25) is 9.59 Å². The van der Waals surface area contributed by atoms with Gasteiger partial charge in [-0.2, -0.15) is 5.10 Å². The van der Waals surface area contributed by atoms with E-state index in [1.165, 1.54) is 16.8 Å². The lowest BCUT2D eigenvalue weighted by molar-refractivity contribution is -0.134. The molecule has 0 spiro atoms. The number of carbonyl (C=O) groups excluding carboxylic acids is 1. The van der Waals surface area contributed by atoms with Crippen LogP contribution in [0.2, 0.25) is 0 Å². The molecular formula is C24H29FN4O2. The van der Waals surface area contributed by atoms with Crippen molar-refractivity contribution in [2.45, 2.75) is 47.2 Å². The largest absolute Gasteiger partial charge is 0.343 e. The van der Waals surface area contributed by atoms with Crippen LogP contribution in [-0.4, -0.2) is 38.2 Å². The maximum atomic E-state index is 13.2. The van der Waals surface area contributed by atoms with Crippen molar-refractivity contribution in [3.05, 3.63) is 63.6 Å². The van der Waals surface area contributed by atoms with E-state index in [-0.39, 0.29) is 23.8 Å². The van der Waals surface area contributed by atoms with Crippen LogP contribution in [0.3, 0.4) is 0 Å². The second-order valence-electron chi connectivity index (χ2n) is 9.02. The van der Waals surface area contributed by atoms with Gasteiger partial charge in [-0.05, 0) is 49.8 Å². The summed E-state index contributed by atoms with van der Waals surface area (Å²) >= 11 is 0. The number of aromatic nitrogens is 3. The minimum absolute atomic E-state index is 0.0458. The van der Waals surface area contributed by atoms with E-state index >= 15 is 0 Å². The van der Waals surface area contributed by atoms with Gasteiger partial charge in [0, 0.05) is 36.4 Å². The zero-order chi connectivity index (χ0) is 22.3. The van der Waals surface area contributed by atoms with Gasteiger partial charge in [0.15, 0.2) is 0 Å². The highest BCUT2D eigenvalue weighted by Gasteiger charge is 2.26. The number of fused-ring (bicyclic) bond motifs is 1. The summed E-state index contributed by atoms with van der Waals surface area (Å²) in [7, 11) is 0. The zero-order valence-corrected chi connectivity index (χ0v) is 18.6. The minimum Gasteiger partial charge on any atom is -0.343 e. The first-order valence-electron chi connectivity index (χ1n) is 10.8. The molecule has 1 amide bonds. The summed E-state index contributed by atoms with van der Waals surface area (Å²) in [6.45, 7) is 10.1. The zero-order valence-electron chi connectivity index (χ0n) is 18.6. The molecule has 31 heavy (non-hydrogen) atoms. The molecule has 0 radical (unpaired) electrons. The molecule has 1 aliphatic heterocycles. The van der Waals surface area contributed by atoms with Crippen LogP contribution in [0.1, 0.15) is 37.2 Å². The Kier molecular flexibility index (Phi) is 5.69. The molecule has 1 fully saturated rings. The third-order valence-corrected chi connectivity index (χ3v) is 6.37. The number of carbonyl (C=O) groups is 1. The molecule has 2 aromatic heterocycles. The normalized spacial score (nSPS) is 19.2. The van der Waals surface area contributed by atoms with Crippen molar-refractivity contribution in [1.29, 1.82) is 0 Å². The van der Waals surface area contributed by atoms with Gasteiger partial charge in [0.05, 0.1) is 11.6 Å². The summed E-state index contributed by atoms with van der Waals surface area (Å²) in [5.74, 6) is 0.590. The number of likely N-dealkylation sites (tertiary alicyclic amines) is 1. The maximum Gasteiger partial charge on any atom is 0.276 e. The van der Waals surface area contributed by atoms with Crippen molar-refractivity contribution in [3.8, 4) is 0 Å². The van der Waals surface area contributed by atoms with Crippen LogP contribution in [0.25, 0.3) is 10.8 Å². The lowest BCUT2D eigenvalue weighted by Gasteiger charge is -2.35. The smallest absolute Gasteiger partial charge is 0.276 e. The van der Waals surface area contributed by atoms with Crippen LogP contribution in [0.5, 0.6) is 0 Å². The van der Waals surface area contributed by atoms with E-state index in [9.17, 15) is 14.0 Å². The number of piperidine rings is 1. The number of amides is 1. The van der Waals surface area contributed by atoms with Gasteiger partial charge in [-0.25, -0.2) is 9.07 Å². The first kappa shape index (κ1) is 21.3. The molecule has 3 aromatic rings. The summed E-state index contributed by atoms with van der Waals surface area (Å²) in [6.07, 6.45) is 2.79. The monoisotopic (exact) mass is 424 g/mol. The number of nitrogens with zero attached hydrogens (tertiary/aromatic N) is 4. The molecule has 1 saturated heterocycles. The third-order valence-electron chi connectivity index (χ3n) is 6.37. The molecule has 0 aliphatic carbocycles. The van der Waals surface area contributed by atoms with E-state index in [1.807, 2.05) is 23.3 Å². The van der Waals surface area contributed by atoms with E-state index in [0.29, 0.717) is 23.8 Å². The molecule has 164 valence electrons. The topological polar surface area (TPSA) is 60.1 Å². The quantitative estimate of drug-likeness (QED) is 0.644. The summed E-state index contributed by atoms with van der Waals surface area (Å²) < 4.78 is 16.6. The number of aryl methyl sites for hydroxylation is 2.